The van der Waals surface area contributed by atoms with Gasteiger partial charge in [-0.25, -0.2) is 4.98 Å². The molecule has 2 aromatic heterocycles. The molecule has 0 unspecified atom stereocenters. The summed E-state index contributed by atoms with van der Waals surface area (Å²) in [6.45, 7) is 0. The Bertz CT molecular complexity index is 1120. The number of hydrogen-bond acceptors (Lipinski definition) is 4. The van der Waals surface area contributed by atoms with E-state index in [9.17, 15) is 4.79 Å². The van der Waals surface area contributed by atoms with Gasteiger partial charge in [0.2, 0.25) is 0 Å². The summed E-state index contributed by atoms with van der Waals surface area (Å²) < 4.78 is 1.67. The number of carbonyl (C=O) groups excluding carboxylic acids is 1. The second kappa shape index (κ2) is 6.37. The molecule has 0 aliphatic heterocycles. The van der Waals surface area contributed by atoms with E-state index in [0.717, 1.165) is 21.9 Å². The van der Waals surface area contributed by atoms with Crippen molar-refractivity contribution in [3.63, 3.8) is 0 Å². The fraction of sp³-hybridized carbons (Fsp3) is 0.118. The zero-order chi connectivity index (χ0) is 17.6. The number of ketones is 1. The maximum Gasteiger partial charge on any atom is 0.194 e. The molecule has 0 bridgehead atoms. The Kier molecular flexibility index (Phi) is 4.19. The van der Waals surface area contributed by atoms with Gasteiger partial charge in [-0.1, -0.05) is 35.0 Å². The number of carbonyl (C=O) groups is 1. The first-order valence-electron chi connectivity index (χ1n) is 7.45. The molecule has 0 radical (unpaired) electrons. The van der Waals surface area contributed by atoms with Crippen molar-refractivity contribution < 1.29 is 4.79 Å². The molecule has 0 atom stereocenters. The van der Waals surface area contributed by atoms with Gasteiger partial charge in [0, 0.05) is 22.5 Å². The summed E-state index contributed by atoms with van der Waals surface area (Å²) in [7, 11) is 1.80. The predicted molar refractivity (Wildman–Crippen MR) is 102 cm³/mol. The number of nitrogens with zero attached hydrogens (tertiary/aromatic N) is 3. The molecule has 4 rings (SSSR count). The van der Waals surface area contributed by atoms with Crippen LogP contribution in [0.15, 0.2) is 41.6 Å². The lowest BCUT2D eigenvalue weighted by Gasteiger charge is -1.97. The number of hydrogen-bond donors (Lipinski definition) is 1. The SMILES string of the molecule is Cn1nc(C(=O)CSc2nc3cc(Cl)ccc3[nH]2)c2ccc(Cl)cc21. The molecular weight excluding hydrogens is 379 g/mol. The number of H-pyrrole nitrogens is 1. The Hall–Kier alpha value is -2.02. The average Bonchev–Trinajstić information content (AvgIpc) is 3.13. The first kappa shape index (κ1) is 16.4. The molecule has 2 aromatic carbocycles. The molecule has 8 heteroatoms. The Morgan fingerprint density at radius 1 is 1.20 bits per heavy atom. The van der Waals surface area contributed by atoms with E-state index in [1.54, 1.807) is 36.0 Å². The molecule has 0 aliphatic carbocycles. The van der Waals surface area contributed by atoms with Gasteiger partial charge in [-0.15, -0.1) is 0 Å². The number of thioether (sulfide) groups is 1. The lowest BCUT2D eigenvalue weighted by atomic mass is 10.2. The van der Waals surface area contributed by atoms with E-state index in [1.807, 2.05) is 12.1 Å². The van der Waals surface area contributed by atoms with Crippen molar-refractivity contribution in [2.75, 3.05) is 5.75 Å². The van der Waals surface area contributed by atoms with Crippen LogP contribution >= 0.6 is 35.0 Å². The number of nitrogens with one attached hydrogen (secondary N) is 1. The minimum absolute atomic E-state index is 0.0589. The third-order valence-corrected chi connectivity index (χ3v) is 5.18. The summed E-state index contributed by atoms with van der Waals surface area (Å²) in [5.74, 6) is 0.180. The van der Waals surface area contributed by atoms with E-state index in [1.165, 1.54) is 11.8 Å². The number of rotatable bonds is 4. The van der Waals surface area contributed by atoms with Crippen LogP contribution in [0.2, 0.25) is 10.0 Å². The van der Waals surface area contributed by atoms with E-state index in [0.29, 0.717) is 20.9 Å². The first-order chi connectivity index (χ1) is 12.0. The van der Waals surface area contributed by atoms with Crippen molar-refractivity contribution in [1.29, 1.82) is 0 Å². The van der Waals surface area contributed by atoms with E-state index in [2.05, 4.69) is 15.1 Å². The van der Waals surface area contributed by atoms with Crippen LogP contribution < -0.4 is 0 Å². The van der Waals surface area contributed by atoms with Crippen LogP contribution in [0.5, 0.6) is 0 Å². The van der Waals surface area contributed by atoms with Crippen molar-refractivity contribution in [2.24, 2.45) is 7.05 Å². The topological polar surface area (TPSA) is 63.6 Å². The van der Waals surface area contributed by atoms with Crippen LogP contribution in [0, 0.1) is 0 Å². The Morgan fingerprint density at radius 3 is 2.80 bits per heavy atom. The highest BCUT2D eigenvalue weighted by molar-refractivity contribution is 7.99. The van der Waals surface area contributed by atoms with Crippen LogP contribution in [0.4, 0.5) is 0 Å². The highest BCUT2D eigenvalue weighted by Crippen LogP contribution is 2.25. The third-order valence-electron chi connectivity index (χ3n) is 3.84. The number of fused-ring (bicyclic) bond motifs is 2. The molecule has 126 valence electrons. The standard InChI is InChI=1S/C17H12Cl2N4OS/c1-23-14-7-10(19)2-4-11(14)16(22-23)15(24)8-25-17-20-12-5-3-9(18)6-13(12)21-17/h2-7H,8H2,1H3,(H,20,21). The lowest BCUT2D eigenvalue weighted by molar-refractivity contribution is 0.101. The summed E-state index contributed by atoms with van der Waals surface area (Å²) >= 11 is 13.3. The minimum atomic E-state index is -0.0589. The summed E-state index contributed by atoms with van der Waals surface area (Å²) in [5, 5.41) is 7.06. The maximum absolute atomic E-state index is 12.6. The molecule has 0 fully saturated rings. The summed E-state index contributed by atoms with van der Waals surface area (Å²) in [5.41, 5.74) is 2.94. The van der Waals surface area contributed by atoms with Gasteiger partial charge >= 0.3 is 0 Å². The number of benzene rings is 2. The predicted octanol–water partition coefficient (Wildman–Crippen LogP) is 4.73. The summed E-state index contributed by atoms with van der Waals surface area (Å²) in [4.78, 5) is 20.2. The quantitative estimate of drug-likeness (QED) is 0.404. The molecule has 0 saturated heterocycles. The van der Waals surface area contributed by atoms with Crippen LogP contribution in [-0.4, -0.2) is 31.3 Å². The van der Waals surface area contributed by atoms with Crippen LogP contribution in [0.25, 0.3) is 21.9 Å². The minimum Gasteiger partial charge on any atom is -0.333 e. The number of halogens is 2. The molecule has 0 saturated carbocycles. The second-order valence-electron chi connectivity index (χ2n) is 5.55. The number of imidazole rings is 1. The molecule has 1 N–H and O–H groups in total. The molecular formula is C17H12Cl2N4OS. The maximum atomic E-state index is 12.6. The van der Waals surface area contributed by atoms with E-state index in [4.69, 9.17) is 23.2 Å². The van der Waals surface area contributed by atoms with Crippen LogP contribution in [0.1, 0.15) is 10.5 Å². The molecule has 5 nitrogen and oxygen atoms in total. The van der Waals surface area contributed by atoms with Crippen molar-refractivity contribution in [3.05, 3.63) is 52.1 Å². The number of aryl methyl sites for hydroxylation is 1. The zero-order valence-electron chi connectivity index (χ0n) is 13.1. The number of Topliss-reactive ketones (excluding diaryl/α,β-unsaturated/α-hetero) is 1. The molecule has 4 aromatic rings. The fourth-order valence-electron chi connectivity index (χ4n) is 2.66. The average molecular weight is 391 g/mol. The highest BCUT2D eigenvalue weighted by Gasteiger charge is 2.17. The summed E-state index contributed by atoms with van der Waals surface area (Å²) in [6, 6.07) is 10.8. The van der Waals surface area contributed by atoms with Crippen molar-refractivity contribution in [3.8, 4) is 0 Å². The Morgan fingerprint density at radius 2 is 1.96 bits per heavy atom. The van der Waals surface area contributed by atoms with Gasteiger partial charge < -0.3 is 4.98 Å². The molecule has 0 aliphatic rings. The zero-order valence-corrected chi connectivity index (χ0v) is 15.4. The third kappa shape index (κ3) is 3.13. The molecule has 0 amide bonds. The van der Waals surface area contributed by atoms with Gasteiger partial charge in [0.1, 0.15) is 5.69 Å². The van der Waals surface area contributed by atoms with Crippen LogP contribution in [-0.2, 0) is 7.05 Å². The van der Waals surface area contributed by atoms with Crippen molar-refractivity contribution in [1.82, 2.24) is 19.7 Å². The Balaban J connectivity index is 1.57. The lowest BCUT2D eigenvalue weighted by Crippen LogP contribution is -2.05. The number of aromatic nitrogens is 4. The van der Waals surface area contributed by atoms with Gasteiger partial charge in [0.25, 0.3) is 0 Å². The molecule has 2 heterocycles. The molecule has 25 heavy (non-hydrogen) atoms. The van der Waals surface area contributed by atoms with Crippen molar-refractivity contribution >= 4 is 62.7 Å². The van der Waals surface area contributed by atoms with Gasteiger partial charge in [-0.05, 0) is 36.4 Å². The fourth-order valence-corrected chi connectivity index (χ4v) is 3.74. The first-order valence-corrected chi connectivity index (χ1v) is 9.19. The van der Waals surface area contributed by atoms with Gasteiger partial charge in [-0.3, -0.25) is 9.48 Å². The van der Waals surface area contributed by atoms with Crippen LogP contribution in [0.3, 0.4) is 0 Å². The largest absolute Gasteiger partial charge is 0.333 e. The van der Waals surface area contributed by atoms with Gasteiger partial charge in [0.15, 0.2) is 10.9 Å². The van der Waals surface area contributed by atoms with E-state index >= 15 is 0 Å². The smallest absolute Gasteiger partial charge is 0.194 e. The molecule has 0 spiro atoms. The van der Waals surface area contributed by atoms with E-state index in [-0.39, 0.29) is 11.5 Å². The monoisotopic (exact) mass is 390 g/mol. The normalized spacial score (nSPS) is 11.5. The van der Waals surface area contributed by atoms with Gasteiger partial charge in [-0.2, -0.15) is 5.10 Å². The highest BCUT2D eigenvalue weighted by atomic mass is 35.5. The van der Waals surface area contributed by atoms with Gasteiger partial charge in [0.05, 0.1) is 22.3 Å². The van der Waals surface area contributed by atoms with E-state index < -0.39 is 0 Å². The summed E-state index contributed by atoms with van der Waals surface area (Å²) in [6.07, 6.45) is 0. The van der Waals surface area contributed by atoms with Crippen molar-refractivity contribution in [2.45, 2.75) is 5.16 Å². The Labute approximate surface area is 157 Å². The number of aromatic amines is 1. The second-order valence-corrected chi connectivity index (χ2v) is 7.39.